The normalized spacial score (nSPS) is 11.1. The number of benzene rings is 4. The van der Waals surface area contributed by atoms with Crippen LogP contribution >= 0.6 is 15.9 Å². The monoisotopic (exact) mass is 518 g/mol. The van der Waals surface area contributed by atoms with E-state index >= 15 is 0 Å². The molecule has 0 N–H and O–H groups in total. The Morgan fingerprint density at radius 1 is 0.686 bits per heavy atom. The summed E-state index contributed by atoms with van der Waals surface area (Å²) in [6.45, 7) is 0. The summed E-state index contributed by atoms with van der Waals surface area (Å²) in [6.07, 6.45) is 0. The number of nitrogens with zero attached hydrogens (tertiary/aromatic N) is 4. The Morgan fingerprint density at radius 2 is 1.34 bits per heavy atom. The highest BCUT2D eigenvalue weighted by molar-refractivity contribution is 9.10. The van der Waals surface area contributed by atoms with Gasteiger partial charge in [0.1, 0.15) is 5.69 Å². The van der Waals surface area contributed by atoms with Crippen molar-refractivity contribution in [3.8, 4) is 34.2 Å². The molecule has 6 rings (SSSR count). The highest BCUT2D eigenvalue weighted by Crippen LogP contribution is 2.30. The Bertz CT molecular complexity index is 1710. The molecule has 168 valence electrons. The minimum absolute atomic E-state index is 0.130. The average Bonchev–Trinajstić information content (AvgIpc) is 3.36. The summed E-state index contributed by atoms with van der Waals surface area (Å²) in [5, 5.41) is 5.50. The van der Waals surface area contributed by atoms with Crippen molar-refractivity contribution in [1.82, 2.24) is 19.3 Å². The minimum Gasteiger partial charge on any atom is -0.268 e. The van der Waals surface area contributed by atoms with E-state index in [1.165, 1.54) is 0 Å². The van der Waals surface area contributed by atoms with Gasteiger partial charge < -0.3 is 0 Å². The Kier molecular flexibility index (Phi) is 5.35. The maximum absolute atomic E-state index is 13.8. The number of para-hydroxylation sites is 2. The zero-order valence-corrected chi connectivity index (χ0v) is 20.1. The molecule has 0 aliphatic carbocycles. The molecule has 0 saturated carbocycles. The molecule has 0 fully saturated rings. The van der Waals surface area contributed by atoms with Crippen LogP contribution in [0.5, 0.6) is 0 Å². The second-order valence-electron chi connectivity index (χ2n) is 8.10. The number of aromatic nitrogens is 4. The standard InChI is InChI=1S/C29H19BrN4O/c30-21-15-17-22(18-16-21)33-28(31-25-14-8-7-13-24(25)29(33)35)27-19-26(20-9-3-1-4-10-20)32-34(27)23-11-5-2-6-12-23/h1-19H. The maximum Gasteiger partial charge on any atom is 0.266 e. The summed E-state index contributed by atoms with van der Waals surface area (Å²) in [6, 6.07) is 37.0. The molecule has 2 aromatic heterocycles. The molecule has 5 nitrogen and oxygen atoms in total. The molecule has 0 spiro atoms. The minimum atomic E-state index is -0.130. The third kappa shape index (κ3) is 3.88. The topological polar surface area (TPSA) is 52.7 Å². The van der Waals surface area contributed by atoms with Gasteiger partial charge in [-0.05, 0) is 54.6 Å². The number of hydrogen-bond acceptors (Lipinski definition) is 3. The SMILES string of the molecule is O=c1c2ccccc2nc(-c2cc(-c3ccccc3)nn2-c2ccccc2)n1-c1ccc(Br)cc1. The lowest BCUT2D eigenvalue weighted by Crippen LogP contribution is -2.22. The largest absolute Gasteiger partial charge is 0.268 e. The molecule has 35 heavy (non-hydrogen) atoms. The van der Waals surface area contributed by atoms with Crippen molar-refractivity contribution in [2.24, 2.45) is 0 Å². The van der Waals surface area contributed by atoms with E-state index in [1.807, 2.05) is 120 Å². The molecule has 0 radical (unpaired) electrons. The molecule has 6 aromatic rings. The Hall–Kier alpha value is -4.29. The maximum atomic E-state index is 13.8. The van der Waals surface area contributed by atoms with Gasteiger partial charge >= 0.3 is 0 Å². The van der Waals surface area contributed by atoms with E-state index < -0.39 is 0 Å². The second-order valence-corrected chi connectivity index (χ2v) is 9.01. The highest BCUT2D eigenvalue weighted by atomic mass is 79.9. The summed E-state index contributed by atoms with van der Waals surface area (Å²) in [5.74, 6) is 0.523. The highest BCUT2D eigenvalue weighted by Gasteiger charge is 2.20. The first-order chi connectivity index (χ1) is 17.2. The lowest BCUT2D eigenvalue weighted by atomic mass is 10.1. The van der Waals surface area contributed by atoms with E-state index in [0.717, 1.165) is 32.8 Å². The van der Waals surface area contributed by atoms with Gasteiger partial charge in [-0.3, -0.25) is 9.36 Å². The summed E-state index contributed by atoms with van der Waals surface area (Å²) in [7, 11) is 0. The van der Waals surface area contributed by atoms with Gasteiger partial charge in [0.05, 0.1) is 28.0 Å². The van der Waals surface area contributed by atoms with Crippen LogP contribution in [-0.2, 0) is 0 Å². The zero-order chi connectivity index (χ0) is 23.8. The first-order valence-corrected chi connectivity index (χ1v) is 12.0. The molecule has 0 saturated heterocycles. The zero-order valence-electron chi connectivity index (χ0n) is 18.5. The molecule has 0 aliphatic rings. The van der Waals surface area contributed by atoms with Gasteiger partial charge in [0, 0.05) is 10.0 Å². The lowest BCUT2D eigenvalue weighted by molar-refractivity contribution is 0.865. The first kappa shape index (κ1) is 21.3. The summed E-state index contributed by atoms with van der Waals surface area (Å²) >= 11 is 3.49. The smallest absolute Gasteiger partial charge is 0.266 e. The fourth-order valence-corrected chi connectivity index (χ4v) is 4.45. The van der Waals surface area contributed by atoms with Crippen LogP contribution in [0, 0.1) is 0 Å². The summed E-state index contributed by atoms with van der Waals surface area (Å²) in [4.78, 5) is 18.8. The van der Waals surface area contributed by atoms with E-state index in [9.17, 15) is 4.79 Å². The van der Waals surface area contributed by atoms with Gasteiger partial charge in [0.2, 0.25) is 0 Å². The average molecular weight is 519 g/mol. The number of fused-ring (bicyclic) bond motifs is 1. The fraction of sp³-hybridized carbons (Fsp3) is 0. The molecule has 0 aliphatic heterocycles. The van der Waals surface area contributed by atoms with Crippen molar-refractivity contribution in [3.05, 3.63) is 130 Å². The Labute approximate surface area is 210 Å². The van der Waals surface area contributed by atoms with E-state index in [-0.39, 0.29) is 5.56 Å². The predicted molar refractivity (Wildman–Crippen MR) is 143 cm³/mol. The molecule has 0 unspecified atom stereocenters. The van der Waals surface area contributed by atoms with Crippen LogP contribution in [0.15, 0.2) is 125 Å². The van der Waals surface area contributed by atoms with Gasteiger partial charge in [0.25, 0.3) is 5.56 Å². The molecular weight excluding hydrogens is 500 g/mol. The summed E-state index contributed by atoms with van der Waals surface area (Å²) < 4.78 is 4.46. The quantitative estimate of drug-likeness (QED) is 0.262. The Balaban J connectivity index is 1.70. The molecule has 2 heterocycles. The van der Waals surface area contributed by atoms with Crippen molar-refractivity contribution >= 4 is 26.8 Å². The van der Waals surface area contributed by atoms with Crippen LogP contribution in [0.2, 0.25) is 0 Å². The van der Waals surface area contributed by atoms with Crippen LogP contribution < -0.4 is 5.56 Å². The van der Waals surface area contributed by atoms with Crippen molar-refractivity contribution in [2.75, 3.05) is 0 Å². The molecule has 4 aromatic carbocycles. The van der Waals surface area contributed by atoms with E-state index in [1.54, 1.807) is 4.57 Å². The van der Waals surface area contributed by atoms with Gasteiger partial charge in [0.15, 0.2) is 5.82 Å². The van der Waals surface area contributed by atoms with Gasteiger partial charge in [-0.2, -0.15) is 5.10 Å². The van der Waals surface area contributed by atoms with E-state index in [4.69, 9.17) is 10.1 Å². The molecule has 0 amide bonds. The van der Waals surface area contributed by atoms with Gasteiger partial charge in [-0.1, -0.05) is 76.6 Å². The molecule has 0 atom stereocenters. The van der Waals surface area contributed by atoms with Crippen LogP contribution in [0.4, 0.5) is 0 Å². The molecule has 6 heteroatoms. The fourth-order valence-electron chi connectivity index (χ4n) is 4.19. The van der Waals surface area contributed by atoms with Crippen LogP contribution in [0.1, 0.15) is 0 Å². The third-order valence-electron chi connectivity index (χ3n) is 5.87. The van der Waals surface area contributed by atoms with Gasteiger partial charge in [-0.15, -0.1) is 0 Å². The lowest BCUT2D eigenvalue weighted by Gasteiger charge is -2.15. The number of halogens is 1. The predicted octanol–water partition coefficient (Wildman–Crippen LogP) is 6.67. The van der Waals surface area contributed by atoms with Crippen molar-refractivity contribution in [1.29, 1.82) is 0 Å². The first-order valence-electron chi connectivity index (χ1n) is 11.2. The van der Waals surface area contributed by atoms with Crippen LogP contribution in [0.25, 0.3) is 45.1 Å². The third-order valence-corrected chi connectivity index (χ3v) is 6.40. The second kappa shape index (κ2) is 8.81. The van der Waals surface area contributed by atoms with Gasteiger partial charge in [-0.25, -0.2) is 9.67 Å². The molecule has 0 bridgehead atoms. The van der Waals surface area contributed by atoms with Crippen molar-refractivity contribution < 1.29 is 0 Å². The summed E-state index contributed by atoms with van der Waals surface area (Å²) in [5.41, 5.74) is 4.64. The van der Waals surface area contributed by atoms with Crippen LogP contribution in [-0.4, -0.2) is 19.3 Å². The Morgan fingerprint density at radius 3 is 2.09 bits per heavy atom. The van der Waals surface area contributed by atoms with Crippen LogP contribution in [0.3, 0.4) is 0 Å². The van der Waals surface area contributed by atoms with Crippen molar-refractivity contribution in [3.63, 3.8) is 0 Å². The number of hydrogen-bond donors (Lipinski definition) is 0. The number of rotatable bonds is 4. The van der Waals surface area contributed by atoms with E-state index in [2.05, 4.69) is 15.9 Å². The van der Waals surface area contributed by atoms with Crippen molar-refractivity contribution in [2.45, 2.75) is 0 Å². The molecular formula is C29H19BrN4O. The van der Waals surface area contributed by atoms with E-state index in [0.29, 0.717) is 16.7 Å².